The largest absolute Gasteiger partial charge is 0.508 e. The van der Waals surface area contributed by atoms with Crippen LogP contribution < -0.4 is 11.1 Å². The highest BCUT2D eigenvalue weighted by Gasteiger charge is 2.64. The molecule has 7 N–H and O–H groups in total. The number of nitrogens with one attached hydrogen (secondary N) is 1. The molecule has 1 amide bonds. The van der Waals surface area contributed by atoms with E-state index in [1.807, 2.05) is 0 Å². The minimum absolute atomic E-state index is 0.00226. The molecule has 1 fully saturated rings. The Hall–Kier alpha value is -4.27. The van der Waals surface area contributed by atoms with E-state index in [2.05, 4.69) is 10.3 Å². The van der Waals surface area contributed by atoms with Crippen molar-refractivity contribution < 1.29 is 44.3 Å². The fourth-order valence-electron chi connectivity index (χ4n) is 6.06. The summed E-state index contributed by atoms with van der Waals surface area (Å²) in [5.74, 6) is -7.77. The van der Waals surface area contributed by atoms with Gasteiger partial charge in [0.15, 0.2) is 22.2 Å². The highest BCUT2D eigenvalue weighted by molar-refractivity contribution is 7.14. The second kappa shape index (κ2) is 9.98. The molecule has 216 valence electrons. The number of carbonyl (C=O) groups is 4. The van der Waals surface area contributed by atoms with Crippen molar-refractivity contribution in [2.45, 2.75) is 31.4 Å². The van der Waals surface area contributed by atoms with Crippen LogP contribution in [-0.2, 0) is 25.5 Å². The molecule has 1 aromatic heterocycles. The van der Waals surface area contributed by atoms with Gasteiger partial charge < -0.3 is 36.2 Å². The van der Waals surface area contributed by atoms with Gasteiger partial charge in [0.1, 0.15) is 22.8 Å². The molecule has 1 saturated carbocycles. The lowest BCUT2D eigenvalue weighted by Gasteiger charge is -2.50. The summed E-state index contributed by atoms with van der Waals surface area (Å²) in [5, 5.41) is 49.7. The molecule has 0 bridgehead atoms. The average molecular weight is 585 g/mol. The number of hydrogen-bond donors (Lipinski definition) is 6. The number of ether oxygens (including phenoxy) is 1. The number of aromatic nitrogens is 1. The van der Waals surface area contributed by atoms with Gasteiger partial charge in [0, 0.05) is 16.9 Å². The van der Waals surface area contributed by atoms with Crippen LogP contribution in [0.2, 0.25) is 0 Å². The Labute approximate surface area is 237 Å². The molecule has 13 nitrogen and oxygen atoms in total. The topological polar surface area (TPSA) is 213 Å². The molecule has 0 aliphatic heterocycles. The van der Waals surface area contributed by atoms with Gasteiger partial charge in [-0.15, -0.1) is 11.3 Å². The number of thiazole rings is 1. The Balaban J connectivity index is 1.58. The number of hydrogen-bond acceptors (Lipinski definition) is 13. The van der Waals surface area contributed by atoms with Crippen molar-refractivity contribution in [1.82, 2.24) is 9.88 Å². The third kappa shape index (κ3) is 4.17. The summed E-state index contributed by atoms with van der Waals surface area (Å²) in [5.41, 5.74) is 2.16. The summed E-state index contributed by atoms with van der Waals surface area (Å²) in [4.78, 5) is 56.7. The number of phenolic OH excluding ortho intramolecular Hbond substituents is 1. The Kier molecular flexibility index (Phi) is 6.88. The van der Waals surface area contributed by atoms with Crippen molar-refractivity contribution in [2.75, 3.05) is 26.0 Å². The van der Waals surface area contributed by atoms with Crippen LogP contribution in [0, 0.1) is 11.8 Å². The standard InChI is InChI=1S/C27H28N4O9S/c1-4-40-25(38)14-9-41-26(30-14)29-13-6-5-10-7-11-8-12-18(31(2)3)21(34)17(24(28)37)23(36)27(12,39)22(35)16(11)20(33)15(10)19(13)32/h5-6,9,11-12,18,32-33,36,39H,4,7-8H2,1-3H3,(H2,28,37)(H,29,30)/t11?,12?,18-,27-/m0/s1. The monoisotopic (exact) mass is 584 g/mol. The Morgan fingerprint density at radius 3 is 2.59 bits per heavy atom. The van der Waals surface area contributed by atoms with Crippen LogP contribution in [-0.4, -0.2) is 86.1 Å². The first kappa shape index (κ1) is 28.3. The van der Waals surface area contributed by atoms with Crippen molar-refractivity contribution in [1.29, 1.82) is 0 Å². The first-order valence-electron chi connectivity index (χ1n) is 12.7. The SMILES string of the molecule is CCOC(=O)c1csc(Nc2ccc3c(c2O)C(O)=C2C(=O)[C@]4(O)C(O)=C(C(N)=O)C(=O)[C@@H](N(C)C)C4CC2C3)n1. The van der Waals surface area contributed by atoms with Crippen LogP contribution in [0.25, 0.3) is 5.76 Å². The smallest absolute Gasteiger partial charge is 0.357 e. The molecule has 2 unspecified atom stereocenters. The number of anilines is 2. The maximum Gasteiger partial charge on any atom is 0.357 e. The highest BCUT2D eigenvalue weighted by Crippen LogP contribution is 2.53. The Morgan fingerprint density at radius 2 is 1.95 bits per heavy atom. The van der Waals surface area contributed by atoms with Gasteiger partial charge in [-0.1, -0.05) is 6.07 Å². The first-order valence-corrected chi connectivity index (χ1v) is 13.6. The minimum atomic E-state index is -2.71. The predicted octanol–water partition coefficient (Wildman–Crippen LogP) is 1.34. The van der Waals surface area contributed by atoms with Gasteiger partial charge in [-0.25, -0.2) is 9.78 Å². The second-order valence-corrected chi connectivity index (χ2v) is 11.2. The summed E-state index contributed by atoms with van der Waals surface area (Å²) in [7, 11) is 3.08. The predicted molar refractivity (Wildman–Crippen MR) is 146 cm³/mol. The van der Waals surface area contributed by atoms with Crippen molar-refractivity contribution in [3.63, 3.8) is 0 Å². The Morgan fingerprint density at radius 1 is 1.24 bits per heavy atom. The molecule has 5 rings (SSSR count). The molecule has 0 spiro atoms. The number of aliphatic hydroxyl groups excluding tert-OH is 2. The number of Topliss-reactive ketones (excluding diaryl/α,β-unsaturated/α-hetero) is 2. The molecule has 0 radical (unpaired) electrons. The summed E-state index contributed by atoms with van der Waals surface area (Å²) in [6.07, 6.45) is 0.176. The van der Waals surface area contributed by atoms with Gasteiger partial charge in [0.25, 0.3) is 5.91 Å². The Bertz CT molecular complexity index is 1580. The minimum Gasteiger partial charge on any atom is -0.508 e. The zero-order valence-electron chi connectivity index (χ0n) is 22.3. The molecule has 2 aromatic rings. The number of primary amides is 1. The molecular formula is C27H28N4O9S. The van der Waals surface area contributed by atoms with E-state index in [0.717, 1.165) is 11.3 Å². The summed E-state index contributed by atoms with van der Waals surface area (Å²) >= 11 is 1.08. The third-order valence-electron chi connectivity index (χ3n) is 7.82. The zero-order chi connectivity index (χ0) is 30.0. The van der Waals surface area contributed by atoms with E-state index in [0.29, 0.717) is 5.56 Å². The number of fused-ring (bicyclic) bond motifs is 3. The lowest BCUT2D eigenvalue weighted by molar-refractivity contribution is -0.153. The number of benzene rings is 1. The van der Waals surface area contributed by atoms with E-state index in [-0.39, 0.29) is 47.1 Å². The van der Waals surface area contributed by atoms with Crippen LogP contribution in [0.1, 0.15) is 35.0 Å². The van der Waals surface area contributed by atoms with Gasteiger partial charge in [-0.2, -0.15) is 0 Å². The number of nitrogens with zero attached hydrogens (tertiary/aromatic N) is 2. The number of aliphatic hydroxyl groups is 3. The molecular weight excluding hydrogens is 556 g/mol. The maximum absolute atomic E-state index is 13.9. The average Bonchev–Trinajstić information content (AvgIpc) is 3.36. The van der Waals surface area contributed by atoms with E-state index < -0.39 is 69.8 Å². The van der Waals surface area contributed by atoms with E-state index in [1.165, 1.54) is 24.4 Å². The summed E-state index contributed by atoms with van der Waals surface area (Å²) in [6.45, 7) is 1.84. The second-order valence-electron chi connectivity index (χ2n) is 10.3. The molecule has 1 heterocycles. The zero-order valence-corrected chi connectivity index (χ0v) is 23.1. The summed E-state index contributed by atoms with van der Waals surface area (Å²) < 4.78 is 4.93. The molecule has 3 aliphatic carbocycles. The fourth-order valence-corrected chi connectivity index (χ4v) is 6.76. The van der Waals surface area contributed by atoms with Crippen LogP contribution in [0.3, 0.4) is 0 Å². The number of rotatable bonds is 6. The van der Waals surface area contributed by atoms with Crippen LogP contribution >= 0.6 is 11.3 Å². The normalized spacial score (nSPS) is 25.5. The van der Waals surface area contributed by atoms with E-state index >= 15 is 0 Å². The number of nitrogens with two attached hydrogens (primary N) is 1. The first-order chi connectivity index (χ1) is 19.3. The van der Waals surface area contributed by atoms with E-state index in [9.17, 15) is 39.6 Å². The van der Waals surface area contributed by atoms with Crippen LogP contribution in [0.4, 0.5) is 10.8 Å². The van der Waals surface area contributed by atoms with E-state index in [4.69, 9.17) is 10.5 Å². The quantitative estimate of drug-likeness (QED) is 0.161. The van der Waals surface area contributed by atoms with Gasteiger partial charge in [0.05, 0.1) is 23.9 Å². The number of esters is 1. The van der Waals surface area contributed by atoms with Gasteiger partial charge >= 0.3 is 5.97 Å². The van der Waals surface area contributed by atoms with Gasteiger partial charge in [-0.3, -0.25) is 19.3 Å². The third-order valence-corrected chi connectivity index (χ3v) is 8.58. The van der Waals surface area contributed by atoms with Crippen molar-refractivity contribution in [3.05, 3.63) is 51.2 Å². The molecule has 0 saturated heterocycles. The van der Waals surface area contributed by atoms with Crippen molar-refractivity contribution in [3.8, 4) is 5.75 Å². The highest BCUT2D eigenvalue weighted by atomic mass is 32.1. The van der Waals surface area contributed by atoms with Gasteiger partial charge in [-0.05, 0) is 51.4 Å². The summed E-state index contributed by atoms with van der Waals surface area (Å²) in [6, 6.07) is 2.05. The molecule has 1 aromatic carbocycles. The van der Waals surface area contributed by atoms with Crippen molar-refractivity contribution in [2.24, 2.45) is 17.6 Å². The van der Waals surface area contributed by atoms with Crippen LogP contribution in [0.5, 0.6) is 5.75 Å². The molecule has 4 atom stereocenters. The van der Waals surface area contributed by atoms with Crippen LogP contribution in [0.15, 0.2) is 34.4 Å². The molecule has 3 aliphatic rings. The lowest BCUT2D eigenvalue weighted by atomic mass is 9.57. The number of likely N-dealkylation sites (N-methyl/N-ethyl adjacent to an activating group) is 1. The number of phenols is 1. The number of carbonyl (C=O) groups excluding carboxylic acids is 4. The maximum atomic E-state index is 13.9. The lowest BCUT2D eigenvalue weighted by Crippen LogP contribution is -2.65. The molecule has 41 heavy (non-hydrogen) atoms. The number of aromatic hydroxyl groups is 1. The number of ketones is 2. The van der Waals surface area contributed by atoms with Crippen molar-refractivity contribution >= 4 is 51.4 Å². The number of amides is 1. The van der Waals surface area contributed by atoms with Gasteiger partial charge in [0.2, 0.25) is 5.78 Å². The van der Waals surface area contributed by atoms with E-state index in [1.54, 1.807) is 19.1 Å². The fraction of sp³-hybridized carbons (Fsp3) is 0.370. The molecule has 14 heteroatoms.